The van der Waals surface area contributed by atoms with Gasteiger partial charge >= 0.3 is 6.09 Å². The zero-order valence-corrected chi connectivity index (χ0v) is 10.7. The van der Waals surface area contributed by atoms with E-state index in [-0.39, 0.29) is 11.7 Å². The third kappa shape index (κ3) is 3.51. The molecule has 1 N–H and O–H groups in total. The van der Waals surface area contributed by atoms with Crippen LogP contribution in [-0.2, 0) is 9.53 Å². The van der Waals surface area contributed by atoms with Crippen molar-refractivity contribution >= 4 is 11.9 Å². The van der Waals surface area contributed by atoms with Crippen LogP contribution >= 0.6 is 0 Å². The van der Waals surface area contributed by atoms with Crippen molar-refractivity contribution in [2.75, 3.05) is 0 Å². The summed E-state index contributed by atoms with van der Waals surface area (Å²) < 4.78 is 5.17. The Hall–Kier alpha value is -1.06. The molecule has 0 heterocycles. The topological polar surface area (TPSA) is 55.4 Å². The number of carbonyl (C=O) groups excluding carboxylic acids is 2. The predicted octanol–water partition coefficient (Wildman–Crippen LogP) is 2.27. The second kappa shape index (κ2) is 4.07. The molecule has 1 aliphatic rings. The fraction of sp³-hybridized carbons (Fsp3) is 0.833. The van der Waals surface area contributed by atoms with Crippen molar-refractivity contribution in [3.63, 3.8) is 0 Å². The fourth-order valence-corrected chi connectivity index (χ4v) is 2.07. The predicted molar refractivity (Wildman–Crippen MR) is 61.2 cm³/mol. The normalized spacial score (nSPS) is 30.3. The van der Waals surface area contributed by atoms with Crippen LogP contribution in [0.15, 0.2) is 0 Å². The van der Waals surface area contributed by atoms with Crippen LogP contribution < -0.4 is 5.32 Å². The highest BCUT2D eigenvalue weighted by Gasteiger charge is 2.40. The van der Waals surface area contributed by atoms with Gasteiger partial charge in [-0.15, -0.1) is 0 Å². The molecule has 1 aliphatic carbocycles. The number of hydrogen-bond donors (Lipinski definition) is 1. The number of alkyl carbamates (subject to hydrolysis) is 1. The van der Waals surface area contributed by atoms with Crippen LogP contribution in [0.25, 0.3) is 0 Å². The van der Waals surface area contributed by atoms with Crippen LogP contribution in [0.5, 0.6) is 0 Å². The molecule has 0 unspecified atom stereocenters. The molecule has 1 fully saturated rings. The summed E-state index contributed by atoms with van der Waals surface area (Å²) in [4.78, 5) is 23.1. The quantitative estimate of drug-likeness (QED) is 0.747. The third-order valence-corrected chi connectivity index (χ3v) is 2.67. The van der Waals surface area contributed by atoms with E-state index in [9.17, 15) is 9.59 Å². The van der Waals surface area contributed by atoms with E-state index >= 15 is 0 Å². The highest BCUT2D eigenvalue weighted by molar-refractivity contribution is 5.85. The Balaban J connectivity index is 2.55. The lowest BCUT2D eigenvalue weighted by atomic mass is 9.99. The van der Waals surface area contributed by atoms with Gasteiger partial charge in [0.25, 0.3) is 0 Å². The molecule has 1 saturated carbocycles. The maximum absolute atomic E-state index is 11.6. The number of ether oxygens (including phenoxy) is 1. The lowest BCUT2D eigenvalue weighted by Crippen LogP contribution is -2.46. The number of ketones is 1. The number of rotatable bonds is 1. The van der Waals surface area contributed by atoms with Crippen molar-refractivity contribution in [2.24, 2.45) is 5.92 Å². The Bertz CT molecular complexity index is 306. The molecule has 0 bridgehead atoms. The molecule has 0 aromatic carbocycles. The molecule has 0 saturated heterocycles. The smallest absolute Gasteiger partial charge is 0.408 e. The zero-order valence-electron chi connectivity index (χ0n) is 10.7. The van der Waals surface area contributed by atoms with Gasteiger partial charge in [0.05, 0.1) is 0 Å². The third-order valence-electron chi connectivity index (χ3n) is 2.67. The van der Waals surface area contributed by atoms with Gasteiger partial charge < -0.3 is 10.1 Å². The van der Waals surface area contributed by atoms with Crippen molar-refractivity contribution < 1.29 is 14.3 Å². The second-order valence-corrected chi connectivity index (χ2v) is 5.94. The van der Waals surface area contributed by atoms with E-state index in [1.165, 1.54) is 0 Å². The molecule has 0 radical (unpaired) electrons. The zero-order chi connectivity index (χ0) is 12.6. The monoisotopic (exact) mass is 227 g/mol. The van der Waals surface area contributed by atoms with Gasteiger partial charge in [-0.05, 0) is 34.1 Å². The molecule has 0 aliphatic heterocycles. The fourth-order valence-electron chi connectivity index (χ4n) is 2.07. The molecule has 0 aromatic heterocycles. The number of nitrogens with one attached hydrogen (secondary N) is 1. The SMILES string of the molecule is C[C@H]1C[C@@](C)(NC(=O)OC(C)(C)C)CC1=O. The number of Topliss-reactive ketones (excluding diaryl/α,β-unsaturated/α-hetero) is 1. The molecule has 92 valence electrons. The van der Waals surface area contributed by atoms with Crippen molar-refractivity contribution in [3.8, 4) is 0 Å². The average molecular weight is 227 g/mol. The summed E-state index contributed by atoms with van der Waals surface area (Å²) in [7, 11) is 0. The molecular formula is C12H21NO3. The molecule has 0 spiro atoms. The van der Waals surface area contributed by atoms with E-state index in [0.717, 1.165) is 0 Å². The van der Waals surface area contributed by atoms with Gasteiger partial charge in [-0.3, -0.25) is 4.79 Å². The van der Waals surface area contributed by atoms with Gasteiger partial charge in [-0.2, -0.15) is 0 Å². The molecule has 4 nitrogen and oxygen atoms in total. The van der Waals surface area contributed by atoms with Crippen LogP contribution in [0.4, 0.5) is 4.79 Å². The van der Waals surface area contributed by atoms with Gasteiger partial charge in [0, 0.05) is 17.9 Å². The standard InChI is InChI=1S/C12H21NO3/c1-8-6-12(5,7-9(8)14)13-10(15)16-11(2,3)4/h8H,6-7H2,1-5H3,(H,13,15)/t8-,12+/m0/s1. The van der Waals surface area contributed by atoms with Crippen molar-refractivity contribution in [1.82, 2.24) is 5.32 Å². The molecular weight excluding hydrogens is 206 g/mol. The Morgan fingerprint density at radius 3 is 2.44 bits per heavy atom. The van der Waals surface area contributed by atoms with Crippen LogP contribution in [0.1, 0.15) is 47.5 Å². The van der Waals surface area contributed by atoms with E-state index in [1.54, 1.807) is 0 Å². The highest BCUT2D eigenvalue weighted by Crippen LogP contribution is 2.31. The first-order valence-corrected chi connectivity index (χ1v) is 5.65. The Morgan fingerprint density at radius 2 is 2.06 bits per heavy atom. The van der Waals surface area contributed by atoms with Crippen LogP contribution in [0, 0.1) is 5.92 Å². The van der Waals surface area contributed by atoms with Crippen molar-refractivity contribution in [1.29, 1.82) is 0 Å². The first-order valence-electron chi connectivity index (χ1n) is 5.65. The molecule has 1 amide bonds. The van der Waals surface area contributed by atoms with Gasteiger partial charge in [-0.1, -0.05) is 6.92 Å². The summed E-state index contributed by atoms with van der Waals surface area (Å²) in [6, 6.07) is 0. The summed E-state index contributed by atoms with van der Waals surface area (Å²) in [6.07, 6.45) is 0.635. The van der Waals surface area contributed by atoms with Crippen molar-refractivity contribution in [3.05, 3.63) is 0 Å². The highest BCUT2D eigenvalue weighted by atomic mass is 16.6. The minimum atomic E-state index is -0.505. The molecule has 1 rings (SSSR count). The van der Waals surface area contributed by atoms with E-state index in [1.807, 2.05) is 34.6 Å². The van der Waals surface area contributed by atoms with Gasteiger partial charge in [0.1, 0.15) is 11.4 Å². The second-order valence-electron chi connectivity index (χ2n) is 5.94. The first kappa shape index (κ1) is 13.0. The van der Waals surface area contributed by atoms with E-state index in [0.29, 0.717) is 12.8 Å². The lowest BCUT2D eigenvalue weighted by Gasteiger charge is -2.27. The lowest BCUT2D eigenvalue weighted by molar-refractivity contribution is -0.120. The van der Waals surface area contributed by atoms with Gasteiger partial charge in [-0.25, -0.2) is 4.79 Å². The van der Waals surface area contributed by atoms with E-state index in [4.69, 9.17) is 4.74 Å². The van der Waals surface area contributed by atoms with Crippen LogP contribution in [0.3, 0.4) is 0 Å². The maximum atomic E-state index is 11.6. The maximum Gasteiger partial charge on any atom is 0.408 e. The number of amides is 1. The Kier molecular flexibility index (Phi) is 3.31. The minimum absolute atomic E-state index is 0.0277. The molecule has 2 atom stereocenters. The largest absolute Gasteiger partial charge is 0.444 e. The average Bonchev–Trinajstić information content (AvgIpc) is 2.19. The summed E-state index contributed by atoms with van der Waals surface area (Å²) >= 11 is 0. The summed E-state index contributed by atoms with van der Waals surface area (Å²) in [6.45, 7) is 9.23. The van der Waals surface area contributed by atoms with Gasteiger partial charge in [0.2, 0.25) is 0 Å². The Morgan fingerprint density at radius 1 is 1.50 bits per heavy atom. The first-order chi connectivity index (χ1) is 7.11. The molecule has 4 heteroatoms. The number of carbonyl (C=O) groups is 2. The molecule has 0 aromatic rings. The van der Waals surface area contributed by atoms with E-state index in [2.05, 4.69) is 5.32 Å². The number of hydrogen-bond acceptors (Lipinski definition) is 3. The summed E-state index contributed by atoms with van der Waals surface area (Å²) in [5, 5.41) is 2.79. The Labute approximate surface area is 96.7 Å². The van der Waals surface area contributed by atoms with Crippen LogP contribution in [-0.4, -0.2) is 23.0 Å². The van der Waals surface area contributed by atoms with E-state index < -0.39 is 17.2 Å². The summed E-state index contributed by atoms with van der Waals surface area (Å²) in [5.74, 6) is 0.235. The van der Waals surface area contributed by atoms with Gasteiger partial charge in [0.15, 0.2) is 0 Å². The van der Waals surface area contributed by atoms with Crippen LogP contribution in [0.2, 0.25) is 0 Å². The van der Waals surface area contributed by atoms with Crippen molar-refractivity contribution in [2.45, 2.75) is 58.6 Å². The minimum Gasteiger partial charge on any atom is -0.444 e. The molecule has 16 heavy (non-hydrogen) atoms. The summed E-state index contributed by atoms with van der Waals surface area (Å²) in [5.41, 5.74) is -0.951.